The second-order valence-corrected chi connectivity index (χ2v) is 9.97. The fourth-order valence-electron chi connectivity index (χ4n) is 3.83. The van der Waals surface area contributed by atoms with Crippen LogP contribution in [0.15, 0.2) is 78.9 Å². The van der Waals surface area contributed by atoms with Gasteiger partial charge in [0.2, 0.25) is 0 Å². The number of hydrogen-bond donors (Lipinski definition) is 2. The Labute approximate surface area is 231 Å². The molecule has 7 nitrogen and oxygen atoms in total. The number of aryl methyl sites for hydroxylation is 1. The van der Waals surface area contributed by atoms with Crippen molar-refractivity contribution in [1.82, 2.24) is 0 Å². The third-order valence-corrected chi connectivity index (χ3v) is 7.27. The number of anilines is 2. The number of nitrogens with one attached hydrogen (secondary N) is 2. The van der Waals surface area contributed by atoms with Crippen LogP contribution in [0.1, 0.15) is 45.7 Å². The van der Waals surface area contributed by atoms with Crippen molar-refractivity contribution in [3.05, 3.63) is 101 Å². The van der Waals surface area contributed by atoms with Gasteiger partial charge in [-0.1, -0.05) is 42.5 Å². The smallest absolute Gasteiger partial charge is 0.341 e. The number of ether oxygens (including phenoxy) is 2. The lowest BCUT2D eigenvalue weighted by Gasteiger charge is -2.16. The van der Waals surface area contributed by atoms with Crippen LogP contribution in [-0.4, -0.2) is 30.5 Å². The lowest BCUT2D eigenvalue weighted by atomic mass is 10.1. The molecule has 200 valence electrons. The van der Waals surface area contributed by atoms with Crippen LogP contribution in [0.25, 0.3) is 10.4 Å². The van der Waals surface area contributed by atoms with Gasteiger partial charge < -0.3 is 20.1 Å². The summed E-state index contributed by atoms with van der Waals surface area (Å²) in [5.41, 5.74) is 4.45. The van der Waals surface area contributed by atoms with E-state index in [9.17, 15) is 14.4 Å². The molecule has 2 N–H and O–H groups in total. The highest BCUT2D eigenvalue weighted by Gasteiger charge is 2.21. The minimum absolute atomic E-state index is 0.227. The van der Waals surface area contributed by atoms with Crippen LogP contribution in [0.3, 0.4) is 0 Å². The molecule has 1 aromatic heterocycles. The van der Waals surface area contributed by atoms with E-state index in [-0.39, 0.29) is 18.4 Å². The van der Waals surface area contributed by atoms with Gasteiger partial charge in [-0.3, -0.25) is 9.59 Å². The second-order valence-electron chi connectivity index (χ2n) is 8.92. The average molecular weight is 543 g/mol. The Kier molecular flexibility index (Phi) is 8.78. The van der Waals surface area contributed by atoms with Crippen molar-refractivity contribution in [3.8, 4) is 16.2 Å². The molecule has 4 aromatic rings. The van der Waals surface area contributed by atoms with E-state index in [1.807, 2.05) is 62.4 Å². The van der Waals surface area contributed by atoms with Crippen LogP contribution in [0.2, 0.25) is 0 Å². The van der Waals surface area contributed by atoms with Gasteiger partial charge in [0, 0.05) is 16.1 Å². The van der Waals surface area contributed by atoms with Crippen molar-refractivity contribution in [3.63, 3.8) is 0 Å². The highest BCUT2D eigenvalue weighted by molar-refractivity contribution is 7.20. The predicted octanol–water partition coefficient (Wildman–Crippen LogP) is 6.87. The van der Waals surface area contributed by atoms with Gasteiger partial charge in [-0.2, -0.15) is 0 Å². The molecule has 0 spiro atoms. The number of benzene rings is 3. The van der Waals surface area contributed by atoms with Gasteiger partial charge in [-0.05, 0) is 80.8 Å². The van der Waals surface area contributed by atoms with E-state index in [1.165, 1.54) is 11.3 Å². The van der Waals surface area contributed by atoms with Crippen LogP contribution in [0, 0.1) is 13.8 Å². The molecule has 39 heavy (non-hydrogen) atoms. The molecule has 0 unspecified atom stereocenters. The van der Waals surface area contributed by atoms with Crippen molar-refractivity contribution in [1.29, 1.82) is 0 Å². The summed E-state index contributed by atoms with van der Waals surface area (Å²) in [5.74, 6) is -0.703. The third-order valence-electron chi connectivity index (χ3n) is 6.17. The minimum atomic E-state index is -0.751. The molecule has 8 heteroatoms. The molecule has 4 rings (SSSR count). The van der Waals surface area contributed by atoms with E-state index >= 15 is 0 Å². The van der Waals surface area contributed by atoms with Crippen molar-refractivity contribution in [2.24, 2.45) is 0 Å². The molecule has 0 saturated heterocycles. The highest BCUT2D eigenvalue weighted by atomic mass is 32.1. The standard InChI is InChI=1S/C31H30N2O5S/c1-5-37-31(36)25-18-27(22-11-7-6-8-12-22)39-30(25)33-29(35)23-14-16-24(17-15-23)38-21(4)28(34)32-26-13-9-10-19(2)20(26)3/h6-18,21H,5H2,1-4H3,(H,32,34)(H,33,35)/t21-/m1/s1. The molecule has 0 bridgehead atoms. The van der Waals surface area contributed by atoms with Crippen molar-refractivity contribution >= 4 is 39.8 Å². The molecule has 1 atom stereocenters. The van der Waals surface area contributed by atoms with Gasteiger partial charge in [0.05, 0.1) is 12.2 Å². The maximum Gasteiger partial charge on any atom is 0.341 e. The van der Waals surface area contributed by atoms with E-state index in [4.69, 9.17) is 9.47 Å². The average Bonchev–Trinajstić information content (AvgIpc) is 3.36. The summed E-state index contributed by atoms with van der Waals surface area (Å²) in [5, 5.41) is 6.16. The molecule has 0 aliphatic carbocycles. The largest absolute Gasteiger partial charge is 0.481 e. The molecular formula is C31H30N2O5S. The van der Waals surface area contributed by atoms with Gasteiger partial charge in [0.1, 0.15) is 10.8 Å². The highest BCUT2D eigenvalue weighted by Crippen LogP contribution is 2.36. The van der Waals surface area contributed by atoms with Gasteiger partial charge in [0.25, 0.3) is 11.8 Å². The van der Waals surface area contributed by atoms with Crippen LogP contribution >= 0.6 is 11.3 Å². The zero-order valence-electron chi connectivity index (χ0n) is 22.2. The van der Waals surface area contributed by atoms with Crippen LogP contribution in [0.5, 0.6) is 5.75 Å². The number of carbonyl (C=O) groups excluding carboxylic acids is 3. The molecule has 3 aromatic carbocycles. The third kappa shape index (κ3) is 6.72. The Morgan fingerprint density at radius 2 is 1.62 bits per heavy atom. The lowest BCUT2D eigenvalue weighted by Crippen LogP contribution is -2.30. The number of rotatable bonds is 9. The number of amides is 2. The monoisotopic (exact) mass is 542 g/mol. The van der Waals surface area contributed by atoms with E-state index in [0.29, 0.717) is 21.9 Å². The molecule has 2 amide bonds. The first-order valence-corrected chi connectivity index (χ1v) is 13.4. The second kappa shape index (κ2) is 12.4. The number of esters is 1. The summed E-state index contributed by atoms with van der Waals surface area (Å²) in [4.78, 5) is 39.1. The summed E-state index contributed by atoms with van der Waals surface area (Å²) >= 11 is 1.31. The van der Waals surface area contributed by atoms with Gasteiger partial charge in [-0.15, -0.1) is 11.3 Å². The molecule has 0 saturated carbocycles. The Balaban J connectivity index is 1.44. The van der Waals surface area contributed by atoms with Gasteiger partial charge >= 0.3 is 5.97 Å². The summed E-state index contributed by atoms with van der Waals surface area (Å²) in [6, 6.07) is 23.6. The summed E-state index contributed by atoms with van der Waals surface area (Å²) in [6.07, 6.45) is -0.751. The van der Waals surface area contributed by atoms with E-state index in [2.05, 4.69) is 10.6 Å². The predicted molar refractivity (Wildman–Crippen MR) is 155 cm³/mol. The zero-order chi connectivity index (χ0) is 27.9. The summed E-state index contributed by atoms with van der Waals surface area (Å²) in [6.45, 7) is 7.57. The Morgan fingerprint density at radius 1 is 0.897 bits per heavy atom. The van der Waals surface area contributed by atoms with Gasteiger partial charge in [0.15, 0.2) is 6.10 Å². The molecule has 0 aliphatic rings. The SMILES string of the molecule is CCOC(=O)c1cc(-c2ccccc2)sc1NC(=O)c1ccc(O[C@H](C)C(=O)Nc2cccc(C)c2C)cc1. The van der Waals surface area contributed by atoms with Crippen molar-refractivity contribution in [2.75, 3.05) is 17.2 Å². The number of hydrogen-bond acceptors (Lipinski definition) is 6. The van der Waals surface area contributed by atoms with Crippen LogP contribution < -0.4 is 15.4 Å². The summed E-state index contributed by atoms with van der Waals surface area (Å²) in [7, 11) is 0. The van der Waals surface area contributed by atoms with E-state index in [0.717, 1.165) is 27.3 Å². The first-order chi connectivity index (χ1) is 18.8. The first-order valence-electron chi connectivity index (χ1n) is 12.6. The van der Waals surface area contributed by atoms with E-state index < -0.39 is 12.1 Å². The lowest BCUT2D eigenvalue weighted by molar-refractivity contribution is -0.122. The Morgan fingerprint density at radius 3 is 2.31 bits per heavy atom. The molecule has 0 aliphatic heterocycles. The van der Waals surface area contributed by atoms with Gasteiger partial charge in [-0.25, -0.2) is 4.79 Å². The van der Waals surface area contributed by atoms with Crippen molar-refractivity contribution in [2.45, 2.75) is 33.8 Å². The maximum absolute atomic E-state index is 13.0. The topological polar surface area (TPSA) is 93.7 Å². The summed E-state index contributed by atoms with van der Waals surface area (Å²) < 4.78 is 11.0. The Bertz CT molecular complexity index is 1480. The number of carbonyl (C=O) groups is 3. The fraction of sp³-hybridized carbons (Fsp3) is 0.194. The zero-order valence-corrected chi connectivity index (χ0v) is 23.1. The first kappa shape index (κ1) is 27.6. The molecule has 0 radical (unpaired) electrons. The fourth-order valence-corrected chi connectivity index (χ4v) is 4.87. The normalized spacial score (nSPS) is 11.4. The van der Waals surface area contributed by atoms with Crippen LogP contribution in [-0.2, 0) is 9.53 Å². The minimum Gasteiger partial charge on any atom is -0.481 e. The number of thiophene rings is 1. The van der Waals surface area contributed by atoms with Crippen LogP contribution in [0.4, 0.5) is 10.7 Å². The Hall–Kier alpha value is -4.43. The van der Waals surface area contributed by atoms with Crippen molar-refractivity contribution < 1.29 is 23.9 Å². The van der Waals surface area contributed by atoms with E-state index in [1.54, 1.807) is 44.2 Å². The quantitative estimate of drug-likeness (QED) is 0.225. The molecule has 1 heterocycles. The maximum atomic E-state index is 13.0. The molecular weight excluding hydrogens is 512 g/mol. The molecule has 0 fully saturated rings.